The molecule has 0 heterocycles. The third-order valence-electron chi connectivity index (χ3n) is 2.94. The summed E-state index contributed by atoms with van der Waals surface area (Å²) in [6.45, 7) is 2.92. The van der Waals surface area contributed by atoms with Crippen molar-refractivity contribution < 1.29 is 4.39 Å². The standard InChI is InChI=1S/C16H17ClFNS/c1-2-19-15(12-6-5-7-13(17)10-12)11-20-16-9-4-3-8-14(16)18/h3-10,15,19H,2,11H2,1H3. The monoisotopic (exact) mass is 309 g/mol. The second kappa shape index (κ2) is 7.67. The van der Waals surface area contributed by atoms with Crippen LogP contribution < -0.4 is 5.32 Å². The fraction of sp³-hybridized carbons (Fsp3) is 0.250. The van der Waals surface area contributed by atoms with Crippen molar-refractivity contribution in [3.63, 3.8) is 0 Å². The van der Waals surface area contributed by atoms with Gasteiger partial charge in [0, 0.05) is 21.7 Å². The summed E-state index contributed by atoms with van der Waals surface area (Å²) in [6, 6.07) is 14.8. The number of thioether (sulfide) groups is 1. The van der Waals surface area contributed by atoms with Gasteiger partial charge < -0.3 is 5.32 Å². The lowest BCUT2D eigenvalue weighted by Gasteiger charge is -2.18. The van der Waals surface area contributed by atoms with Crippen LogP contribution in [0.2, 0.25) is 5.02 Å². The van der Waals surface area contributed by atoms with Gasteiger partial charge in [0.25, 0.3) is 0 Å². The van der Waals surface area contributed by atoms with Crippen molar-refractivity contribution in [1.82, 2.24) is 5.32 Å². The highest BCUT2D eigenvalue weighted by Crippen LogP contribution is 2.27. The summed E-state index contributed by atoms with van der Waals surface area (Å²) in [5.41, 5.74) is 1.13. The number of benzene rings is 2. The lowest BCUT2D eigenvalue weighted by molar-refractivity contribution is 0.595. The van der Waals surface area contributed by atoms with Crippen LogP contribution in [-0.2, 0) is 0 Å². The van der Waals surface area contributed by atoms with Gasteiger partial charge in [-0.2, -0.15) is 0 Å². The van der Waals surface area contributed by atoms with Gasteiger partial charge in [-0.25, -0.2) is 4.39 Å². The summed E-state index contributed by atoms with van der Waals surface area (Å²) in [5, 5.41) is 4.14. The molecule has 0 spiro atoms. The zero-order valence-electron chi connectivity index (χ0n) is 11.3. The summed E-state index contributed by atoms with van der Waals surface area (Å²) in [7, 11) is 0. The fourth-order valence-corrected chi connectivity index (χ4v) is 3.21. The maximum absolute atomic E-state index is 13.6. The maximum Gasteiger partial charge on any atom is 0.136 e. The zero-order chi connectivity index (χ0) is 14.4. The van der Waals surface area contributed by atoms with Crippen molar-refractivity contribution >= 4 is 23.4 Å². The Hall–Kier alpha value is -1.03. The number of rotatable bonds is 6. The van der Waals surface area contributed by atoms with Gasteiger partial charge in [0.15, 0.2) is 0 Å². The van der Waals surface area contributed by atoms with Crippen molar-refractivity contribution in [3.8, 4) is 0 Å². The first kappa shape index (κ1) is 15.4. The van der Waals surface area contributed by atoms with Crippen LogP contribution in [0.15, 0.2) is 53.4 Å². The van der Waals surface area contributed by atoms with E-state index in [0.717, 1.165) is 22.9 Å². The van der Waals surface area contributed by atoms with Gasteiger partial charge in [-0.15, -0.1) is 11.8 Å². The van der Waals surface area contributed by atoms with Gasteiger partial charge >= 0.3 is 0 Å². The summed E-state index contributed by atoms with van der Waals surface area (Å²) in [4.78, 5) is 0.678. The quantitative estimate of drug-likeness (QED) is 0.760. The van der Waals surface area contributed by atoms with E-state index in [-0.39, 0.29) is 11.9 Å². The third kappa shape index (κ3) is 4.23. The SMILES string of the molecule is CCNC(CSc1ccccc1F)c1cccc(Cl)c1. The van der Waals surface area contributed by atoms with Crippen LogP contribution >= 0.6 is 23.4 Å². The first-order valence-electron chi connectivity index (χ1n) is 6.57. The van der Waals surface area contributed by atoms with E-state index < -0.39 is 0 Å². The van der Waals surface area contributed by atoms with E-state index in [1.54, 1.807) is 12.1 Å². The Morgan fingerprint density at radius 1 is 1.20 bits per heavy atom. The molecule has 0 aliphatic heterocycles. The molecule has 1 N–H and O–H groups in total. The first-order valence-corrected chi connectivity index (χ1v) is 7.93. The van der Waals surface area contributed by atoms with E-state index >= 15 is 0 Å². The molecule has 1 nitrogen and oxygen atoms in total. The molecule has 0 bridgehead atoms. The highest BCUT2D eigenvalue weighted by atomic mass is 35.5. The normalized spacial score (nSPS) is 12.3. The van der Waals surface area contributed by atoms with Crippen molar-refractivity contribution in [2.45, 2.75) is 17.9 Å². The molecule has 2 rings (SSSR count). The minimum atomic E-state index is -0.168. The summed E-state index contributed by atoms with van der Waals surface area (Å²) >= 11 is 7.55. The maximum atomic E-state index is 13.6. The lowest BCUT2D eigenvalue weighted by atomic mass is 10.1. The molecule has 0 fully saturated rings. The van der Waals surface area contributed by atoms with Crippen LogP contribution in [0.1, 0.15) is 18.5 Å². The molecule has 20 heavy (non-hydrogen) atoms. The van der Waals surface area contributed by atoms with Crippen molar-refractivity contribution in [3.05, 3.63) is 64.9 Å². The minimum Gasteiger partial charge on any atom is -0.309 e. The third-order valence-corrected chi connectivity index (χ3v) is 4.32. The summed E-state index contributed by atoms with van der Waals surface area (Å²) in [5.74, 6) is 0.591. The molecule has 0 aliphatic carbocycles. The van der Waals surface area contributed by atoms with Crippen molar-refractivity contribution in [2.24, 2.45) is 0 Å². The Morgan fingerprint density at radius 3 is 2.70 bits per heavy atom. The predicted molar refractivity (Wildman–Crippen MR) is 85.0 cm³/mol. The van der Waals surface area contributed by atoms with Crippen LogP contribution in [0.5, 0.6) is 0 Å². The average Bonchev–Trinajstić information content (AvgIpc) is 2.45. The van der Waals surface area contributed by atoms with E-state index in [1.807, 2.05) is 30.3 Å². The molecule has 2 aromatic rings. The molecule has 0 saturated heterocycles. The van der Waals surface area contributed by atoms with E-state index in [4.69, 9.17) is 11.6 Å². The molecule has 0 saturated carbocycles. The Labute approximate surface area is 128 Å². The van der Waals surface area contributed by atoms with Gasteiger partial charge in [-0.3, -0.25) is 0 Å². The number of halogens is 2. The molecule has 1 atom stereocenters. The highest BCUT2D eigenvalue weighted by molar-refractivity contribution is 7.99. The highest BCUT2D eigenvalue weighted by Gasteiger charge is 2.12. The molecule has 106 valence electrons. The van der Waals surface area contributed by atoms with Gasteiger partial charge in [0.2, 0.25) is 0 Å². The van der Waals surface area contributed by atoms with E-state index in [1.165, 1.54) is 17.8 Å². The van der Waals surface area contributed by atoms with Crippen LogP contribution in [0.25, 0.3) is 0 Å². The Kier molecular flexibility index (Phi) is 5.89. The van der Waals surface area contributed by atoms with Gasteiger partial charge in [0.1, 0.15) is 5.82 Å². The molecule has 2 aromatic carbocycles. The molecular weight excluding hydrogens is 293 g/mol. The minimum absolute atomic E-state index is 0.156. The van der Waals surface area contributed by atoms with E-state index in [9.17, 15) is 4.39 Å². The lowest BCUT2D eigenvalue weighted by Crippen LogP contribution is -2.22. The van der Waals surface area contributed by atoms with Gasteiger partial charge in [-0.1, -0.05) is 42.8 Å². The number of hydrogen-bond acceptors (Lipinski definition) is 2. The Balaban J connectivity index is 2.08. The largest absolute Gasteiger partial charge is 0.309 e. The van der Waals surface area contributed by atoms with Gasteiger partial charge in [0.05, 0.1) is 0 Å². The second-order valence-corrected chi connectivity index (χ2v) is 5.90. The molecule has 0 aliphatic rings. The summed E-state index contributed by atoms with van der Waals surface area (Å²) < 4.78 is 13.6. The molecule has 0 amide bonds. The van der Waals surface area contributed by atoms with Gasteiger partial charge in [-0.05, 0) is 36.4 Å². The number of hydrogen-bond donors (Lipinski definition) is 1. The number of nitrogens with one attached hydrogen (secondary N) is 1. The first-order chi connectivity index (χ1) is 9.70. The van der Waals surface area contributed by atoms with Crippen LogP contribution in [0.3, 0.4) is 0 Å². The smallest absolute Gasteiger partial charge is 0.136 e. The molecule has 0 radical (unpaired) electrons. The predicted octanol–water partition coefficient (Wildman–Crippen LogP) is 4.92. The Bertz CT molecular complexity index is 562. The van der Waals surface area contributed by atoms with E-state index in [2.05, 4.69) is 12.2 Å². The summed E-state index contributed by atoms with van der Waals surface area (Å²) in [6.07, 6.45) is 0. The van der Waals surface area contributed by atoms with Crippen LogP contribution in [0.4, 0.5) is 4.39 Å². The zero-order valence-corrected chi connectivity index (χ0v) is 12.8. The van der Waals surface area contributed by atoms with Crippen molar-refractivity contribution in [1.29, 1.82) is 0 Å². The molecule has 1 unspecified atom stereocenters. The molecule has 4 heteroatoms. The van der Waals surface area contributed by atoms with Crippen LogP contribution in [0, 0.1) is 5.82 Å². The molecule has 0 aromatic heterocycles. The second-order valence-electron chi connectivity index (χ2n) is 4.41. The average molecular weight is 310 g/mol. The molecular formula is C16H17ClFNS. The topological polar surface area (TPSA) is 12.0 Å². The van der Waals surface area contributed by atoms with Crippen LogP contribution in [-0.4, -0.2) is 12.3 Å². The fourth-order valence-electron chi connectivity index (χ4n) is 1.98. The Morgan fingerprint density at radius 2 is 2.00 bits per heavy atom. The van der Waals surface area contributed by atoms with E-state index in [0.29, 0.717) is 4.90 Å². The van der Waals surface area contributed by atoms with Crippen molar-refractivity contribution in [2.75, 3.05) is 12.3 Å².